The number of hydrogen-bond donors (Lipinski definition) is 2. The van der Waals surface area contributed by atoms with Gasteiger partial charge in [0.05, 0.1) is 4.90 Å². The van der Waals surface area contributed by atoms with E-state index in [1.807, 2.05) is 30.3 Å². The van der Waals surface area contributed by atoms with Gasteiger partial charge >= 0.3 is 0 Å². The van der Waals surface area contributed by atoms with Crippen molar-refractivity contribution in [1.82, 2.24) is 4.72 Å². The van der Waals surface area contributed by atoms with E-state index >= 15 is 0 Å². The van der Waals surface area contributed by atoms with Gasteiger partial charge in [0.15, 0.2) is 0 Å². The minimum absolute atomic E-state index is 0.0444. The zero-order valence-electron chi connectivity index (χ0n) is 14.9. The van der Waals surface area contributed by atoms with E-state index in [4.69, 9.17) is 0 Å². The van der Waals surface area contributed by atoms with Crippen molar-refractivity contribution in [3.63, 3.8) is 0 Å². The summed E-state index contributed by atoms with van der Waals surface area (Å²) in [5, 5.41) is 2.66. The summed E-state index contributed by atoms with van der Waals surface area (Å²) in [5.41, 5.74) is 1.27. The van der Waals surface area contributed by atoms with Crippen LogP contribution in [0, 0.1) is 0 Å². The molecule has 2 aromatic carbocycles. The lowest BCUT2D eigenvalue weighted by Gasteiger charge is -2.17. The summed E-state index contributed by atoms with van der Waals surface area (Å²) in [5.74, 6) is -0.419. The van der Waals surface area contributed by atoms with Crippen molar-refractivity contribution in [2.45, 2.75) is 30.7 Å². The summed E-state index contributed by atoms with van der Waals surface area (Å²) in [7, 11) is -3.84. The average Bonchev–Trinajstić information content (AvgIpc) is 3.02. The van der Waals surface area contributed by atoms with Crippen LogP contribution in [0.15, 0.2) is 59.5 Å². The van der Waals surface area contributed by atoms with Crippen molar-refractivity contribution in [2.75, 3.05) is 16.8 Å². The highest BCUT2D eigenvalue weighted by atomic mass is 32.2. The van der Waals surface area contributed by atoms with E-state index in [-0.39, 0.29) is 16.7 Å². The van der Waals surface area contributed by atoms with Gasteiger partial charge in [0.25, 0.3) is 0 Å². The number of anilines is 2. The summed E-state index contributed by atoms with van der Waals surface area (Å²) < 4.78 is 27.7. The molecule has 8 heteroatoms. The minimum Gasteiger partial charge on any atom is -0.326 e. The van der Waals surface area contributed by atoms with Crippen LogP contribution in [0.5, 0.6) is 0 Å². The highest BCUT2D eigenvalue weighted by molar-refractivity contribution is 7.89. The molecule has 1 aliphatic heterocycles. The number of carbonyl (C=O) groups is 2. The zero-order chi connectivity index (χ0) is 19.4. The Morgan fingerprint density at radius 1 is 1.11 bits per heavy atom. The Labute approximate surface area is 158 Å². The van der Waals surface area contributed by atoms with E-state index in [9.17, 15) is 18.0 Å². The molecule has 0 aliphatic carbocycles. The van der Waals surface area contributed by atoms with Gasteiger partial charge in [-0.15, -0.1) is 0 Å². The smallest absolute Gasteiger partial charge is 0.245 e. The Morgan fingerprint density at radius 2 is 1.78 bits per heavy atom. The molecule has 1 aliphatic rings. The molecule has 0 spiro atoms. The van der Waals surface area contributed by atoms with Gasteiger partial charge in [-0.25, -0.2) is 8.42 Å². The van der Waals surface area contributed by atoms with Crippen LogP contribution in [0.2, 0.25) is 0 Å². The van der Waals surface area contributed by atoms with E-state index in [0.29, 0.717) is 25.1 Å². The van der Waals surface area contributed by atoms with Crippen molar-refractivity contribution < 1.29 is 18.0 Å². The SMILES string of the molecule is CCC(=O)Nc1ccc(S(=O)(=O)N[C@@H]2CCN(c3ccccc3)C2=O)cc1. The Bertz CT molecular complexity index is 927. The van der Waals surface area contributed by atoms with Gasteiger partial charge in [0.1, 0.15) is 6.04 Å². The quantitative estimate of drug-likeness (QED) is 0.794. The van der Waals surface area contributed by atoms with Crippen molar-refractivity contribution in [3.8, 4) is 0 Å². The van der Waals surface area contributed by atoms with Gasteiger partial charge in [-0.3, -0.25) is 9.59 Å². The minimum atomic E-state index is -3.84. The first-order chi connectivity index (χ1) is 12.9. The van der Waals surface area contributed by atoms with Crippen molar-refractivity contribution in [2.24, 2.45) is 0 Å². The Hall–Kier alpha value is -2.71. The molecule has 7 nitrogen and oxygen atoms in total. The third-order valence-corrected chi connectivity index (χ3v) is 5.83. The molecule has 1 fully saturated rings. The van der Waals surface area contributed by atoms with Crippen LogP contribution in [0.25, 0.3) is 0 Å². The summed E-state index contributed by atoms with van der Waals surface area (Å²) in [6, 6.07) is 14.2. The van der Waals surface area contributed by atoms with E-state index in [1.165, 1.54) is 24.3 Å². The second kappa shape index (κ2) is 7.89. The van der Waals surface area contributed by atoms with Crippen LogP contribution in [0.3, 0.4) is 0 Å². The van der Waals surface area contributed by atoms with E-state index in [0.717, 1.165) is 5.69 Å². The second-order valence-corrected chi connectivity index (χ2v) is 7.93. The molecule has 2 amide bonds. The van der Waals surface area contributed by atoms with Gasteiger partial charge < -0.3 is 10.2 Å². The fourth-order valence-electron chi connectivity index (χ4n) is 2.88. The Morgan fingerprint density at radius 3 is 2.41 bits per heavy atom. The van der Waals surface area contributed by atoms with Crippen molar-refractivity contribution in [1.29, 1.82) is 0 Å². The Balaban J connectivity index is 1.69. The van der Waals surface area contributed by atoms with Crippen LogP contribution in [0.4, 0.5) is 11.4 Å². The van der Waals surface area contributed by atoms with E-state index < -0.39 is 16.1 Å². The highest BCUT2D eigenvalue weighted by Crippen LogP contribution is 2.22. The van der Waals surface area contributed by atoms with Crippen LogP contribution < -0.4 is 14.9 Å². The lowest BCUT2D eigenvalue weighted by molar-refractivity contribution is -0.118. The predicted molar refractivity (Wildman–Crippen MR) is 103 cm³/mol. The number of carbonyl (C=O) groups excluding carboxylic acids is 2. The Kier molecular flexibility index (Phi) is 5.57. The molecule has 1 heterocycles. The maximum Gasteiger partial charge on any atom is 0.245 e. The number of nitrogens with zero attached hydrogens (tertiary/aromatic N) is 1. The third kappa shape index (κ3) is 4.35. The van der Waals surface area contributed by atoms with Gasteiger partial charge in [-0.2, -0.15) is 4.72 Å². The molecule has 0 radical (unpaired) electrons. The predicted octanol–water partition coefficient (Wildman–Crippen LogP) is 2.12. The zero-order valence-corrected chi connectivity index (χ0v) is 15.7. The first kappa shape index (κ1) is 19.1. The number of sulfonamides is 1. The molecule has 0 aromatic heterocycles. The molecule has 1 saturated heterocycles. The molecule has 0 unspecified atom stereocenters. The molecule has 2 N–H and O–H groups in total. The fourth-order valence-corrected chi connectivity index (χ4v) is 4.10. The lowest BCUT2D eigenvalue weighted by atomic mass is 10.3. The van der Waals surface area contributed by atoms with Crippen LogP contribution in [-0.2, 0) is 19.6 Å². The standard InChI is InChI=1S/C19H21N3O4S/c1-2-18(23)20-14-8-10-16(11-9-14)27(25,26)21-17-12-13-22(19(17)24)15-6-4-3-5-7-15/h3-11,17,21H,2,12-13H2,1H3,(H,20,23)/t17-/m1/s1. The number of amides is 2. The molecule has 0 saturated carbocycles. The topological polar surface area (TPSA) is 95.6 Å². The van der Waals surface area contributed by atoms with Crippen molar-refractivity contribution in [3.05, 3.63) is 54.6 Å². The molecular weight excluding hydrogens is 366 g/mol. The molecule has 0 bridgehead atoms. The van der Waals surface area contributed by atoms with Crippen LogP contribution >= 0.6 is 0 Å². The molecule has 3 rings (SSSR count). The summed E-state index contributed by atoms with van der Waals surface area (Å²) in [6.45, 7) is 2.19. The monoisotopic (exact) mass is 387 g/mol. The molecule has 2 aromatic rings. The molecule has 142 valence electrons. The van der Waals surface area contributed by atoms with Gasteiger partial charge in [0.2, 0.25) is 21.8 Å². The van der Waals surface area contributed by atoms with Gasteiger partial charge in [-0.05, 0) is 42.8 Å². The largest absolute Gasteiger partial charge is 0.326 e. The second-order valence-electron chi connectivity index (χ2n) is 6.21. The molecular formula is C19H21N3O4S. The number of nitrogens with one attached hydrogen (secondary N) is 2. The average molecular weight is 387 g/mol. The normalized spacial score (nSPS) is 17.1. The highest BCUT2D eigenvalue weighted by Gasteiger charge is 2.35. The summed E-state index contributed by atoms with van der Waals surface area (Å²) >= 11 is 0. The van der Waals surface area contributed by atoms with Crippen LogP contribution in [0.1, 0.15) is 19.8 Å². The van der Waals surface area contributed by atoms with Crippen molar-refractivity contribution >= 4 is 33.2 Å². The van der Waals surface area contributed by atoms with E-state index in [1.54, 1.807) is 11.8 Å². The number of rotatable bonds is 6. The number of para-hydroxylation sites is 1. The third-order valence-electron chi connectivity index (χ3n) is 4.34. The molecule has 1 atom stereocenters. The van der Waals surface area contributed by atoms with Gasteiger partial charge in [-0.1, -0.05) is 25.1 Å². The first-order valence-electron chi connectivity index (χ1n) is 8.69. The maximum atomic E-state index is 12.6. The molecule has 27 heavy (non-hydrogen) atoms. The lowest BCUT2D eigenvalue weighted by Crippen LogP contribution is -2.41. The van der Waals surface area contributed by atoms with Gasteiger partial charge in [0, 0.05) is 24.3 Å². The summed E-state index contributed by atoms with van der Waals surface area (Å²) in [4.78, 5) is 25.6. The number of benzene rings is 2. The summed E-state index contributed by atoms with van der Waals surface area (Å²) in [6.07, 6.45) is 0.737. The maximum absolute atomic E-state index is 12.6. The number of hydrogen-bond acceptors (Lipinski definition) is 4. The van der Waals surface area contributed by atoms with Crippen LogP contribution in [-0.4, -0.2) is 32.8 Å². The first-order valence-corrected chi connectivity index (χ1v) is 10.2. The fraction of sp³-hybridized carbons (Fsp3) is 0.263. The van der Waals surface area contributed by atoms with E-state index in [2.05, 4.69) is 10.0 Å².